The van der Waals surface area contributed by atoms with E-state index in [1.54, 1.807) is 12.1 Å². The fraction of sp³-hybridized carbons (Fsp3) is 0.0714. The number of halogens is 2. The molecule has 0 atom stereocenters. The van der Waals surface area contributed by atoms with Crippen molar-refractivity contribution in [2.24, 2.45) is 0 Å². The molecule has 0 saturated heterocycles. The van der Waals surface area contributed by atoms with E-state index in [4.69, 9.17) is 0 Å². The van der Waals surface area contributed by atoms with Crippen molar-refractivity contribution in [2.45, 2.75) is 16.7 Å². The Morgan fingerprint density at radius 1 is 1.17 bits per heavy atom. The Bertz CT molecular complexity index is 581. The number of ketones is 1. The lowest BCUT2D eigenvalue weighted by molar-refractivity contribution is 0.101. The molecule has 0 heterocycles. The zero-order chi connectivity index (χ0) is 13.1. The summed E-state index contributed by atoms with van der Waals surface area (Å²) in [5.74, 6) is -0.725. The molecule has 0 N–H and O–H groups in total. The maximum absolute atomic E-state index is 13.6. The van der Waals surface area contributed by atoms with Gasteiger partial charge in [-0.1, -0.05) is 33.8 Å². The lowest BCUT2D eigenvalue weighted by Gasteiger charge is -2.07. The molecular weight excluding hydrogens is 315 g/mol. The fourth-order valence-corrected chi connectivity index (χ4v) is 2.84. The molecule has 0 bridgehead atoms. The third-order valence-corrected chi connectivity index (χ3v) is 3.97. The SMILES string of the molecule is CC(=O)c1c(F)cccc1Sc1ccc(Br)cc1. The molecular formula is C14H10BrFOS. The van der Waals surface area contributed by atoms with E-state index in [9.17, 15) is 9.18 Å². The average molecular weight is 325 g/mol. The van der Waals surface area contributed by atoms with Crippen molar-refractivity contribution in [3.05, 3.63) is 58.3 Å². The number of carbonyl (C=O) groups is 1. The van der Waals surface area contributed by atoms with E-state index in [1.807, 2.05) is 24.3 Å². The Hall–Kier alpha value is -1.13. The van der Waals surface area contributed by atoms with E-state index < -0.39 is 5.82 Å². The summed E-state index contributed by atoms with van der Waals surface area (Å²) in [5, 5.41) is 0. The van der Waals surface area contributed by atoms with Crippen molar-refractivity contribution in [3.63, 3.8) is 0 Å². The Morgan fingerprint density at radius 2 is 1.83 bits per heavy atom. The molecule has 0 aliphatic heterocycles. The molecule has 18 heavy (non-hydrogen) atoms. The van der Waals surface area contributed by atoms with Gasteiger partial charge >= 0.3 is 0 Å². The number of hydrogen-bond donors (Lipinski definition) is 0. The van der Waals surface area contributed by atoms with E-state index in [-0.39, 0.29) is 11.3 Å². The van der Waals surface area contributed by atoms with Gasteiger partial charge in [-0.2, -0.15) is 0 Å². The molecule has 1 nitrogen and oxygen atoms in total. The van der Waals surface area contributed by atoms with E-state index in [1.165, 1.54) is 24.8 Å². The maximum Gasteiger partial charge on any atom is 0.163 e. The predicted octanol–water partition coefficient (Wildman–Crippen LogP) is 4.94. The highest BCUT2D eigenvalue weighted by molar-refractivity contribution is 9.10. The van der Waals surface area contributed by atoms with Crippen LogP contribution in [0, 0.1) is 5.82 Å². The van der Waals surface area contributed by atoms with Crippen LogP contribution in [-0.2, 0) is 0 Å². The van der Waals surface area contributed by atoms with Crippen molar-refractivity contribution >= 4 is 33.5 Å². The minimum Gasteiger partial charge on any atom is -0.294 e. The summed E-state index contributed by atoms with van der Waals surface area (Å²) in [7, 11) is 0. The third-order valence-electron chi connectivity index (χ3n) is 2.37. The molecule has 0 aliphatic rings. The summed E-state index contributed by atoms with van der Waals surface area (Å²) in [6, 6.07) is 12.3. The molecule has 0 spiro atoms. The minimum absolute atomic E-state index is 0.158. The van der Waals surface area contributed by atoms with Crippen molar-refractivity contribution in [2.75, 3.05) is 0 Å². The molecule has 0 radical (unpaired) electrons. The smallest absolute Gasteiger partial charge is 0.163 e. The van der Waals surface area contributed by atoms with Crippen LogP contribution in [0.1, 0.15) is 17.3 Å². The highest BCUT2D eigenvalue weighted by Gasteiger charge is 2.13. The molecule has 0 aromatic heterocycles. The fourth-order valence-electron chi connectivity index (χ4n) is 1.56. The van der Waals surface area contributed by atoms with Gasteiger partial charge in [0, 0.05) is 14.3 Å². The zero-order valence-electron chi connectivity index (χ0n) is 9.61. The van der Waals surface area contributed by atoms with E-state index in [0.717, 1.165) is 9.37 Å². The van der Waals surface area contributed by atoms with Gasteiger partial charge in [0.2, 0.25) is 0 Å². The number of rotatable bonds is 3. The highest BCUT2D eigenvalue weighted by atomic mass is 79.9. The number of hydrogen-bond acceptors (Lipinski definition) is 2. The van der Waals surface area contributed by atoms with Crippen molar-refractivity contribution < 1.29 is 9.18 Å². The first-order valence-corrected chi connectivity index (χ1v) is 6.92. The largest absolute Gasteiger partial charge is 0.294 e. The van der Waals surface area contributed by atoms with Crippen molar-refractivity contribution in [3.8, 4) is 0 Å². The van der Waals surface area contributed by atoms with E-state index in [2.05, 4.69) is 15.9 Å². The van der Waals surface area contributed by atoms with Gasteiger partial charge in [-0.25, -0.2) is 4.39 Å². The Morgan fingerprint density at radius 3 is 2.44 bits per heavy atom. The number of benzene rings is 2. The van der Waals surface area contributed by atoms with Gasteiger partial charge in [-0.3, -0.25) is 4.79 Å². The summed E-state index contributed by atoms with van der Waals surface area (Å²) in [6.07, 6.45) is 0. The second-order valence-corrected chi connectivity index (χ2v) is 5.76. The quantitative estimate of drug-likeness (QED) is 0.744. The predicted molar refractivity (Wildman–Crippen MR) is 74.7 cm³/mol. The monoisotopic (exact) mass is 324 g/mol. The molecule has 2 rings (SSSR count). The molecule has 4 heteroatoms. The lowest BCUT2D eigenvalue weighted by atomic mass is 10.1. The van der Waals surface area contributed by atoms with Gasteiger partial charge < -0.3 is 0 Å². The lowest BCUT2D eigenvalue weighted by Crippen LogP contribution is -1.99. The molecule has 92 valence electrons. The van der Waals surface area contributed by atoms with Crippen molar-refractivity contribution in [1.82, 2.24) is 0 Å². The summed E-state index contributed by atoms with van der Waals surface area (Å²) >= 11 is 4.74. The topological polar surface area (TPSA) is 17.1 Å². The van der Waals surface area contributed by atoms with Crippen LogP contribution in [0.4, 0.5) is 4.39 Å². The van der Waals surface area contributed by atoms with Gasteiger partial charge in [0.15, 0.2) is 5.78 Å². The van der Waals surface area contributed by atoms with Crippen molar-refractivity contribution in [1.29, 1.82) is 0 Å². The van der Waals surface area contributed by atoms with Gasteiger partial charge in [-0.15, -0.1) is 0 Å². The minimum atomic E-state index is -0.468. The van der Waals surface area contributed by atoms with Gasteiger partial charge in [-0.05, 0) is 43.3 Å². The van der Waals surface area contributed by atoms with E-state index in [0.29, 0.717) is 4.90 Å². The summed E-state index contributed by atoms with van der Waals surface area (Å²) < 4.78 is 14.6. The Labute approximate surface area is 118 Å². The summed E-state index contributed by atoms with van der Waals surface area (Å²) in [6.45, 7) is 1.38. The molecule has 0 amide bonds. The third kappa shape index (κ3) is 3.00. The first-order chi connectivity index (χ1) is 8.58. The van der Waals surface area contributed by atoms with Crippen LogP contribution in [0.5, 0.6) is 0 Å². The second-order valence-electron chi connectivity index (χ2n) is 3.73. The molecule has 0 saturated carbocycles. The zero-order valence-corrected chi connectivity index (χ0v) is 12.0. The maximum atomic E-state index is 13.6. The summed E-state index contributed by atoms with van der Waals surface area (Å²) in [5.41, 5.74) is 0.158. The molecule has 2 aromatic rings. The van der Waals surface area contributed by atoms with Gasteiger partial charge in [0.1, 0.15) is 5.82 Å². The number of carbonyl (C=O) groups excluding carboxylic acids is 1. The molecule has 0 aliphatic carbocycles. The van der Waals surface area contributed by atoms with Crippen LogP contribution in [0.2, 0.25) is 0 Å². The molecule has 2 aromatic carbocycles. The Balaban J connectivity index is 2.37. The Kier molecular flexibility index (Phi) is 4.19. The van der Waals surface area contributed by atoms with E-state index >= 15 is 0 Å². The van der Waals surface area contributed by atoms with Crippen LogP contribution in [-0.4, -0.2) is 5.78 Å². The standard InChI is InChI=1S/C14H10BrFOS/c1-9(17)14-12(16)3-2-4-13(14)18-11-7-5-10(15)6-8-11/h2-8H,1H3. The summed E-state index contributed by atoms with van der Waals surface area (Å²) in [4.78, 5) is 13.1. The average Bonchev–Trinajstić information content (AvgIpc) is 2.32. The first kappa shape index (κ1) is 13.3. The van der Waals surface area contributed by atoms with Crippen LogP contribution in [0.25, 0.3) is 0 Å². The molecule has 0 unspecified atom stereocenters. The normalized spacial score (nSPS) is 10.4. The van der Waals surface area contributed by atoms with Gasteiger partial charge in [0.05, 0.1) is 5.56 Å². The molecule has 0 fully saturated rings. The first-order valence-electron chi connectivity index (χ1n) is 5.31. The van der Waals surface area contributed by atoms with Crippen LogP contribution in [0.3, 0.4) is 0 Å². The highest BCUT2D eigenvalue weighted by Crippen LogP contribution is 2.32. The van der Waals surface area contributed by atoms with Crippen LogP contribution in [0.15, 0.2) is 56.7 Å². The number of Topliss-reactive ketones (excluding diaryl/α,β-unsaturated/α-hetero) is 1. The van der Waals surface area contributed by atoms with Gasteiger partial charge in [0.25, 0.3) is 0 Å². The van der Waals surface area contributed by atoms with Crippen LogP contribution >= 0.6 is 27.7 Å². The van der Waals surface area contributed by atoms with Crippen LogP contribution < -0.4 is 0 Å². The second kappa shape index (κ2) is 5.67.